The molecule has 1 saturated heterocycles. The number of anilines is 1. The molecule has 6 heteroatoms. The van der Waals surface area contributed by atoms with Crippen LogP contribution in [0.5, 0.6) is 0 Å². The molecule has 1 aliphatic rings. The normalized spacial score (nSPS) is 19.7. The maximum absolute atomic E-state index is 12.9. The minimum absolute atomic E-state index is 0.251. The van der Waals surface area contributed by atoms with E-state index in [0.717, 1.165) is 25.2 Å². The van der Waals surface area contributed by atoms with Crippen molar-refractivity contribution in [1.29, 1.82) is 0 Å². The summed E-state index contributed by atoms with van der Waals surface area (Å²) in [6, 6.07) is 6.66. The lowest BCUT2D eigenvalue weighted by Gasteiger charge is -2.30. The second-order valence-corrected chi connectivity index (χ2v) is 4.79. The van der Waals surface area contributed by atoms with Crippen LogP contribution >= 0.6 is 0 Å². The Morgan fingerprint density at radius 2 is 2.11 bits per heavy atom. The number of halogens is 1. The Kier molecular flexibility index (Phi) is 3.16. The molecule has 1 aromatic heterocycles. The van der Waals surface area contributed by atoms with Gasteiger partial charge in [-0.15, -0.1) is 5.10 Å². The zero-order valence-electron chi connectivity index (χ0n) is 10.7. The van der Waals surface area contributed by atoms with Crippen molar-refractivity contribution < 1.29 is 4.39 Å². The molecule has 0 amide bonds. The Hall–Kier alpha value is -1.95. The SMILES string of the molecule is C[C@H]1CN(c2n[nH]c(-c3ccc(F)cc3)n2)CCN1. The largest absolute Gasteiger partial charge is 0.337 e. The number of benzene rings is 1. The van der Waals surface area contributed by atoms with Crippen LogP contribution in [-0.4, -0.2) is 40.9 Å². The van der Waals surface area contributed by atoms with Gasteiger partial charge in [0.05, 0.1) is 0 Å². The second-order valence-electron chi connectivity index (χ2n) is 4.79. The summed E-state index contributed by atoms with van der Waals surface area (Å²) in [5.41, 5.74) is 0.836. The summed E-state index contributed by atoms with van der Waals surface area (Å²) in [6.07, 6.45) is 0. The highest BCUT2D eigenvalue weighted by Crippen LogP contribution is 2.18. The van der Waals surface area contributed by atoms with Crippen molar-refractivity contribution in [1.82, 2.24) is 20.5 Å². The third kappa shape index (κ3) is 2.58. The Bertz CT molecular complexity index is 550. The number of hydrogen-bond donors (Lipinski definition) is 2. The molecule has 100 valence electrons. The molecule has 0 unspecified atom stereocenters. The Morgan fingerprint density at radius 3 is 2.84 bits per heavy atom. The molecule has 19 heavy (non-hydrogen) atoms. The topological polar surface area (TPSA) is 56.8 Å². The molecule has 0 aliphatic carbocycles. The maximum Gasteiger partial charge on any atom is 0.245 e. The number of H-pyrrole nitrogens is 1. The van der Waals surface area contributed by atoms with Crippen LogP contribution in [0, 0.1) is 5.82 Å². The van der Waals surface area contributed by atoms with Gasteiger partial charge in [0, 0.05) is 31.2 Å². The van der Waals surface area contributed by atoms with Gasteiger partial charge in [-0.25, -0.2) is 4.39 Å². The Balaban J connectivity index is 1.81. The van der Waals surface area contributed by atoms with E-state index in [1.807, 2.05) is 0 Å². The van der Waals surface area contributed by atoms with E-state index in [1.54, 1.807) is 12.1 Å². The first kappa shape index (κ1) is 12.1. The van der Waals surface area contributed by atoms with Crippen LogP contribution in [-0.2, 0) is 0 Å². The molecular weight excluding hydrogens is 245 g/mol. The van der Waals surface area contributed by atoms with E-state index in [1.165, 1.54) is 12.1 Å². The zero-order chi connectivity index (χ0) is 13.2. The lowest BCUT2D eigenvalue weighted by molar-refractivity contribution is 0.480. The molecule has 2 heterocycles. The fraction of sp³-hybridized carbons (Fsp3) is 0.385. The molecular formula is C13H16FN5. The molecule has 1 aromatic carbocycles. The van der Waals surface area contributed by atoms with Gasteiger partial charge >= 0.3 is 0 Å². The van der Waals surface area contributed by atoms with E-state index in [2.05, 4.69) is 32.3 Å². The van der Waals surface area contributed by atoms with Gasteiger partial charge < -0.3 is 10.2 Å². The van der Waals surface area contributed by atoms with Gasteiger partial charge in [0.15, 0.2) is 5.82 Å². The molecule has 0 bridgehead atoms. The first-order chi connectivity index (χ1) is 9.22. The molecule has 1 aliphatic heterocycles. The number of piperazine rings is 1. The van der Waals surface area contributed by atoms with E-state index in [9.17, 15) is 4.39 Å². The third-order valence-corrected chi connectivity index (χ3v) is 3.24. The maximum atomic E-state index is 12.9. The van der Waals surface area contributed by atoms with Crippen LogP contribution in [0.2, 0.25) is 0 Å². The van der Waals surface area contributed by atoms with Crippen molar-refractivity contribution in [2.75, 3.05) is 24.5 Å². The number of aromatic amines is 1. The van der Waals surface area contributed by atoms with Crippen molar-refractivity contribution in [3.63, 3.8) is 0 Å². The molecule has 2 aromatic rings. The van der Waals surface area contributed by atoms with Crippen LogP contribution in [0.15, 0.2) is 24.3 Å². The molecule has 2 N–H and O–H groups in total. The fourth-order valence-electron chi connectivity index (χ4n) is 2.25. The lowest BCUT2D eigenvalue weighted by atomic mass is 10.2. The van der Waals surface area contributed by atoms with Crippen LogP contribution in [0.3, 0.4) is 0 Å². The molecule has 0 saturated carbocycles. The molecule has 0 radical (unpaired) electrons. The Labute approximate surface area is 110 Å². The van der Waals surface area contributed by atoms with E-state index in [-0.39, 0.29) is 5.82 Å². The van der Waals surface area contributed by atoms with Crippen molar-refractivity contribution in [3.8, 4) is 11.4 Å². The van der Waals surface area contributed by atoms with E-state index in [0.29, 0.717) is 17.8 Å². The summed E-state index contributed by atoms with van der Waals surface area (Å²) in [5, 5.41) is 10.5. The van der Waals surface area contributed by atoms with Gasteiger partial charge in [0.25, 0.3) is 0 Å². The monoisotopic (exact) mass is 261 g/mol. The van der Waals surface area contributed by atoms with Crippen molar-refractivity contribution in [2.24, 2.45) is 0 Å². The van der Waals surface area contributed by atoms with Gasteiger partial charge in [-0.1, -0.05) is 0 Å². The average molecular weight is 261 g/mol. The van der Waals surface area contributed by atoms with Crippen LogP contribution in [0.25, 0.3) is 11.4 Å². The molecule has 5 nitrogen and oxygen atoms in total. The zero-order valence-corrected chi connectivity index (χ0v) is 10.7. The highest BCUT2D eigenvalue weighted by Gasteiger charge is 2.19. The first-order valence-corrected chi connectivity index (χ1v) is 6.39. The minimum atomic E-state index is -0.251. The fourth-order valence-corrected chi connectivity index (χ4v) is 2.25. The predicted molar refractivity (Wildman–Crippen MR) is 71.5 cm³/mol. The summed E-state index contributed by atoms with van der Waals surface area (Å²) in [5.74, 6) is 1.12. The third-order valence-electron chi connectivity index (χ3n) is 3.24. The van der Waals surface area contributed by atoms with Gasteiger partial charge in [0.2, 0.25) is 5.95 Å². The summed E-state index contributed by atoms with van der Waals surface area (Å²) >= 11 is 0. The number of rotatable bonds is 2. The van der Waals surface area contributed by atoms with E-state index in [4.69, 9.17) is 0 Å². The molecule has 1 atom stereocenters. The number of nitrogens with zero attached hydrogens (tertiary/aromatic N) is 3. The number of hydrogen-bond acceptors (Lipinski definition) is 4. The quantitative estimate of drug-likeness (QED) is 0.858. The average Bonchev–Trinajstić information content (AvgIpc) is 2.89. The van der Waals surface area contributed by atoms with E-state index < -0.39 is 0 Å². The number of aromatic nitrogens is 3. The molecule has 3 rings (SSSR count). The summed E-state index contributed by atoms with van der Waals surface area (Å²) < 4.78 is 12.9. The van der Waals surface area contributed by atoms with Gasteiger partial charge in [-0.3, -0.25) is 5.10 Å². The van der Waals surface area contributed by atoms with Crippen LogP contribution < -0.4 is 10.2 Å². The van der Waals surface area contributed by atoms with Crippen LogP contribution in [0.1, 0.15) is 6.92 Å². The van der Waals surface area contributed by atoms with E-state index >= 15 is 0 Å². The van der Waals surface area contributed by atoms with Gasteiger partial charge in [0.1, 0.15) is 5.82 Å². The van der Waals surface area contributed by atoms with Gasteiger partial charge in [-0.05, 0) is 31.2 Å². The second kappa shape index (κ2) is 4.97. The van der Waals surface area contributed by atoms with Crippen molar-refractivity contribution in [3.05, 3.63) is 30.1 Å². The smallest absolute Gasteiger partial charge is 0.245 e. The molecule has 1 fully saturated rings. The highest BCUT2D eigenvalue weighted by molar-refractivity contribution is 5.56. The standard InChI is InChI=1S/C13H16FN5/c1-9-8-19(7-6-15-9)13-16-12(17-18-13)10-2-4-11(14)5-3-10/h2-5,9,15H,6-8H2,1H3,(H,16,17,18)/t9-/m0/s1. The van der Waals surface area contributed by atoms with Crippen molar-refractivity contribution >= 4 is 5.95 Å². The minimum Gasteiger partial charge on any atom is -0.337 e. The van der Waals surface area contributed by atoms with Gasteiger partial charge in [-0.2, -0.15) is 4.98 Å². The predicted octanol–water partition coefficient (Wildman–Crippen LogP) is 1.41. The first-order valence-electron chi connectivity index (χ1n) is 6.39. The lowest BCUT2D eigenvalue weighted by Crippen LogP contribution is -2.49. The molecule has 0 spiro atoms. The Morgan fingerprint density at radius 1 is 1.32 bits per heavy atom. The highest BCUT2D eigenvalue weighted by atomic mass is 19.1. The van der Waals surface area contributed by atoms with Crippen LogP contribution in [0.4, 0.5) is 10.3 Å². The summed E-state index contributed by atoms with van der Waals surface area (Å²) in [6.45, 7) is 4.85. The summed E-state index contributed by atoms with van der Waals surface area (Å²) in [7, 11) is 0. The summed E-state index contributed by atoms with van der Waals surface area (Å²) in [4.78, 5) is 6.62. The van der Waals surface area contributed by atoms with Crippen molar-refractivity contribution in [2.45, 2.75) is 13.0 Å². The number of nitrogens with one attached hydrogen (secondary N) is 2.